The number of amides is 1. The zero-order valence-electron chi connectivity index (χ0n) is 19.5. The number of nitrogens with one attached hydrogen (secondary N) is 1. The molecule has 0 aliphatic rings. The van der Waals surface area contributed by atoms with Crippen LogP contribution in [0.4, 0.5) is 32.9 Å². The van der Waals surface area contributed by atoms with Gasteiger partial charge in [-0.3, -0.25) is 23.2 Å². The van der Waals surface area contributed by atoms with E-state index in [2.05, 4.69) is 15.3 Å². The lowest BCUT2D eigenvalue weighted by Gasteiger charge is -2.25. The number of pyridine rings is 1. The topological polar surface area (TPSA) is 101 Å². The number of hydrogen-bond acceptors (Lipinski definition) is 8. The SMILES string of the molecule is Cc1ccc(NC(=O)c2ccc(N(c3cccs3)S(=O)[O-])cc2)cc1N(c1cccnc1)c1nccs1. The average Bonchev–Trinajstić information content (AvgIpc) is 3.62. The van der Waals surface area contributed by atoms with Gasteiger partial charge in [0, 0.05) is 29.0 Å². The largest absolute Gasteiger partial charge is 0.755 e. The Hall–Kier alpha value is -3.90. The van der Waals surface area contributed by atoms with E-state index in [4.69, 9.17) is 0 Å². The Bertz CT molecular complexity index is 1510. The van der Waals surface area contributed by atoms with Gasteiger partial charge < -0.3 is 9.87 Å². The first kappa shape index (κ1) is 24.8. The highest BCUT2D eigenvalue weighted by atomic mass is 32.2. The Morgan fingerprint density at radius 3 is 2.46 bits per heavy atom. The van der Waals surface area contributed by atoms with E-state index in [1.165, 1.54) is 27.0 Å². The molecule has 0 aliphatic heterocycles. The number of anilines is 6. The molecule has 5 aromatic rings. The highest BCUT2D eigenvalue weighted by Crippen LogP contribution is 2.38. The molecule has 1 atom stereocenters. The van der Waals surface area contributed by atoms with E-state index < -0.39 is 11.3 Å². The molecule has 8 nitrogen and oxygen atoms in total. The Morgan fingerprint density at radius 1 is 0.973 bits per heavy atom. The van der Waals surface area contributed by atoms with Gasteiger partial charge in [0.05, 0.1) is 34.5 Å². The van der Waals surface area contributed by atoms with Crippen molar-refractivity contribution in [3.8, 4) is 0 Å². The molecule has 0 bridgehead atoms. The van der Waals surface area contributed by atoms with Gasteiger partial charge in [-0.2, -0.15) is 0 Å². The smallest absolute Gasteiger partial charge is 0.255 e. The number of benzene rings is 2. The molecule has 186 valence electrons. The van der Waals surface area contributed by atoms with Crippen LogP contribution in [0, 0.1) is 6.92 Å². The van der Waals surface area contributed by atoms with Crippen LogP contribution in [-0.2, 0) is 11.3 Å². The van der Waals surface area contributed by atoms with Crippen LogP contribution in [0.2, 0.25) is 0 Å². The van der Waals surface area contributed by atoms with Gasteiger partial charge in [0.15, 0.2) is 5.13 Å². The number of rotatable bonds is 8. The molecule has 5 rings (SSSR count). The summed E-state index contributed by atoms with van der Waals surface area (Å²) >= 11 is 0.323. The molecule has 0 aliphatic carbocycles. The fraction of sp³-hybridized carbons (Fsp3) is 0.0385. The van der Waals surface area contributed by atoms with E-state index in [-0.39, 0.29) is 5.91 Å². The minimum absolute atomic E-state index is 0.311. The highest BCUT2D eigenvalue weighted by Gasteiger charge is 2.18. The van der Waals surface area contributed by atoms with Crippen molar-refractivity contribution >= 4 is 72.7 Å². The van der Waals surface area contributed by atoms with Gasteiger partial charge in [0.1, 0.15) is 5.00 Å². The molecule has 0 radical (unpaired) electrons. The maximum Gasteiger partial charge on any atom is 0.255 e. The number of nitrogens with zero attached hydrogens (tertiary/aromatic N) is 4. The second kappa shape index (κ2) is 11.0. The summed E-state index contributed by atoms with van der Waals surface area (Å²) in [5, 5.41) is 8.00. The van der Waals surface area contributed by atoms with Crippen LogP contribution in [0.25, 0.3) is 0 Å². The van der Waals surface area contributed by atoms with Crippen LogP contribution >= 0.6 is 22.7 Å². The molecule has 0 saturated heterocycles. The zero-order valence-corrected chi connectivity index (χ0v) is 21.9. The normalized spacial score (nSPS) is 11.6. The van der Waals surface area contributed by atoms with Crippen molar-refractivity contribution in [2.45, 2.75) is 6.92 Å². The number of thiazole rings is 1. The van der Waals surface area contributed by atoms with Gasteiger partial charge in [-0.05, 0) is 78.5 Å². The number of hydrogen-bond donors (Lipinski definition) is 1. The lowest BCUT2D eigenvalue weighted by atomic mass is 10.1. The van der Waals surface area contributed by atoms with E-state index >= 15 is 0 Å². The van der Waals surface area contributed by atoms with E-state index in [0.717, 1.165) is 22.1 Å². The summed E-state index contributed by atoms with van der Waals surface area (Å²) in [4.78, 5) is 23.8. The first-order chi connectivity index (χ1) is 18.0. The number of aromatic nitrogens is 2. The van der Waals surface area contributed by atoms with Crippen LogP contribution in [0.5, 0.6) is 0 Å². The van der Waals surface area contributed by atoms with Crippen molar-refractivity contribution in [1.29, 1.82) is 0 Å². The monoisotopic (exact) mass is 546 g/mol. The van der Waals surface area contributed by atoms with Crippen molar-refractivity contribution in [3.05, 3.63) is 107 Å². The Balaban J connectivity index is 1.40. The van der Waals surface area contributed by atoms with E-state index in [9.17, 15) is 13.6 Å². The number of thiophene rings is 1. The van der Waals surface area contributed by atoms with Gasteiger partial charge in [-0.25, -0.2) is 4.98 Å². The molecule has 11 heteroatoms. The molecular weight excluding hydrogens is 527 g/mol. The molecule has 3 heterocycles. The molecule has 2 aromatic carbocycles. The summed E-state index contributed by atoms with van der Waals surface area (Å²) in [6.45, 7) is 2.00. The fourth-order valence-corrected chi connectivity index (χ4v) is 5.86. The summed E-state index contributed by atoms with van der Waals surface area (Å²) in [7, 11) is 0. The third kappa shape index (κ3) is 5.44. The summed E-state index contributed by atoms with van der Waals surface area (Å²) in [5.74, 6) is -0.311. The molecule has 0 spiro atoms. The van der Waals surface area contributed by atoms with Crippen LogP contribution in [0.3, 0.4) is 0 Å². The summed E-state index contributed by atoms with van der Waals surface area (Å²) in [5.41, 5.74) is 4.17. The lowest BCUT2D eigenvalue weighted by molar-refractivity contribution is 0.102. The number of carbonyl (C=O) groups is 1. The molecule has 0 saturated carbocycles. The first-order valence-electron chi connectivity index (χ1n) is 11.1. The van der Waals surface area contributed by atoms with Crippen molar-refractivity contribution < 1.29 is 13.6 Å². The third-order valence-corrected chi connectivity index (χ3v) is 7.87. The predicted molar refractivity (Wildman–Crippen MR) is 149 cm³/mol. The van der Waals surface area contributed by atoms with E-state index in [1.807, 2.05) is 47.5 Å². The first-order valence-corrected chi connectivity index (χ1v) is 13.8. The standard InChI is InChI=1S/C26H21N5O3S3/c1-18-6-9-20(16-23(18)30(26-28-13-15-36-26)22-4-2-12-27-17-22)29-25(32)19-7-10-21(11-8-19)31(37(33)34)24-5-3-14-35-24/h2-17H,1H3,(H,29,32)(H,33,34)/p-1. The Morgan fingerprint density at radius 2 is 1.81 bits per heavy atom. The van der Waals surface area contributed by atoms with E-state index in [1.54, 1.807) is 60.4 Å². The van der Waals surface area contributed by atoms with Gasteiger partial charge in [-0.1, -0.05) is 6.07 Å². The van der Waals surface area contributed by atoms with Crippen molar-refractivity contribution in [3.63, 3.8) is 0 Å². The van der Waals surface area contributed by atoms with Crippen LogP contribution in [-0.4, -0.2) is 24.6 Å². The molecular formula is C26H20N5O3S3-. The fourth-order valence-electron chi connectivity index (χ4n) is 3.72. The van der Waals surface area contributed by atoms with Crippen molar-refractivity contribution in [2.75, 3.05) is 14.5 Å². The second-order valence-electron chi connectivity index (χ2n) is 7.83. The Kier molecular flexibility index (Phi) is 7.37. The van der Waals surface area contributed by atoms with E-state index in [0.29, 0.717) is 21.9 Å². The zero-order chi connectivity index (χ0) is 25.8. The van der Waals surface area contributed by atoms with Gasteiger partial charge in [-0.15, -0.1) is 22.7 Å². The quantitative estimate of drug-likeness (QED) is 0.221. The minimum Gasteiger partial charge on any atom is -0.755 e. The van der Waals surface area contributed by atoms with Crippen LogP contribution < -0.4 is 14.5 Å². The van der Waals surface area contributed by atoms with Gasteiger partial charge in [0.2, 0.25) is 0 Å². The summed E-state index contributed by atoms with van der Waals surface area (Å²) in [6.07, 6.45) is 5.23. The van der Waals surface area contributed by atoms with Crippen molar-refractivity contribution in [1.82, 2.24) is 9.97 Å². The van der Waals surface area contributed by atoms with Crippen molar-refractivity contribution in [2.24, 2.45) is 0 Å². The lowest BCUT2D eigenvalue weighted by Crippen LogP contribution is -2.19. The average molecular weight is 547 g/mol. The number of aryl methyl sites for hydroxylation is 1. The highest BCUT2D eigenvalue weighted by molar-refractivity contribution is 7.81. The molecule has 1 unspecified atom stereocenters. The molecule has 0 fully saturated rings. The molecule has 3 aromatic heterocycles. The second-order valence-corrected chi connectivity index (χ2v) is 10.4. The minimum atomic E-state index is -2.49. The maximum atomic E-state index is 13.0. The Labute approximate surface area is 224 Å². The van der Waals surface area contributed by atoms with Crippen LogP contribution in [0.1, 0.15) is 15.9 Å². The van der Waals surface area contributed by atoms with Crippen LogP contribution in [0.15, 0.2) is 96.1 Å². The predicted octanol–water partition coefficient (Wildman–Crippen LogP) is 6.56. The molecule has 1 amide bonds. The maximum absolute atomic E-state index is 13.0. The summed E-state index contributed by atoms with van der Waals surface area (Å²) in [6, 6.07) is 19.4. The third-order valence-electron chi connectivity index (χ3n) is 5.44. The molecule has 37 heavy (non-hydrogen) atoms. The van der Waals surface area contributed by atoms with Gasteiger partial charge >= 0.3 is 0 Å². The molecule has 1 N–H and O–H groups in total. The number of carbonyl (C=O) groups excluding carboxylic acids is 1. The van der Waals surface area contributed by atoms with Gasteiger partial charge in [0.25, 0.3) is 5.91 Å². The summed E-state index contributed by atoms with van der Waals surface area (Å²) < 4.78 is 24.8.